The van der Waals surface area contributed by atoms with Crippen LogP contribution in [0.25, 0.3) is 0 Å². The highest BCUT2D eigenvalue weighted by atomic mass is 16.4. The minimum Gasteiger partial charge on any atom is -0.481 e. The van der Waals surface area contributed by atoms with Crippen molar-refractivity contribution in [1.29, 1.82) is 0 Å². The monoisotopic (exact) mass is 448 g/mol. The van der Waals surface area contributed by atoms with E-state index in [0.717, 1.165) is 6.92 Å². The average Bonchev–Trinajstić information content (AvgIpc) is 2.64. The molecule has 0 aromatic heterocycles. The van der Waals surface area contributed by atoms with Crippen molar-refractivity contribution in [2.45, 2.75) is 76.9 Å². The fourth-order valence-corrected chi connectivity index (χ4v) is 2.49. The Morgan fingerprint density at radius 2 is 1.16 bits per heavy atom. The molecule has 0 aromatic carbocycles. The predicted molar refractivity (Wildman–Crippen MR) is 106 cm³/mol. The van der Waals surface area contributed by atoms with E-state index < -0.39 is 72.0 Å². The highest BCUT2D eigenvalue weighted by Gasteiger charge is 2.34. The van der Waals surface area contributed by atoms with Gasteiger partial charge in [0.1, 0.15) is 12.1 Å². The number of aliphatic carboxylic acids is 2. The van der Waals surface area contributed by atoms with Crippen LogP contribution in [-0.2, 0) is 24.0 Å². The maximum absolute atomic E-state index is 12.7. The van der Waals surface area contributed by atoms with Crippen molar-refractivity contribution in [2.75, 3.05) is 0 Å². The van der Waals surface area contributed by atoms with E-state index in [2.05, 4.69) is 10.6 Å². The summed E-state index contributed by atoms with van der Waals surface area (Å²) in [4.78, 5) is 59.0. The van der Waals surface area contributed by atoms with Gasteiger partial charge in [0.15, 0.2) is 6.04 Å². The van der Waals surface area contributed by atoms with Crippen molar-refractivity contribution in [3.8, 4) is 0 Å². The van der Waals surface area contributed by atoms with Gasteiger partial charge in [0.2, 0.25) is 17.7 Å². The van der Waals surface area contributed by atoms with Crippen LogP contribution in [0.2, 0.25) is 0 Å². The van der Waals surface area contributed by atoms with Crippen LogP contribution in [0.15, 0.2) is 0 Å². The molecule has 0 aromatic rings. The number of carboxylic acid groups (broad SMARTS) is 2. The molecule has 6 unspecified atom stereocenters. The maximum atomic E-state index is 12.7. The molecule has 0 rings (SSSR count). The Balaban J connectivity index is 5.31. The number of aliphatic hydroxyl groups excluding tert-OH is 2. The van der Waals surface area contributed by atoms with Crippen LogP contribution < -0.4 is 21.7 Å². The standard InChI is InChI=1S/C18H32N4O9/c1-7(2)12(20-15(27)10(19)5-6-11(25)26)16(28)21-13(8(3)23)17(29)22-14(9(4)24)18(30)31/h7-10,12-14,23-24H,5-6,19H2,1-4H3,(H,20,27)(H,21,28)(H,22,29)(H,25,26)(H,30,31). The van der Waals surface area contributed by atoms with E-state index in [9.17, 15) is 34.2 Å². The topological polar surface area (TPSA) is 228 Å². The number of carbonyl (C=O) groups excluding carboxylic acids is 3. The molecule has 31 heavy (non-hydrogen) atoms. The van der Waals surface area contributed by atoms with Gasteiger partial charge in [-0.25, -0.2) is 4.79 Å². The Bertz CT molecular complexity index is 666. The van der Waals surface area contributed by atoms with Crippen molar-refractivity contribution in [3.63, 3.8) is 0 Å². The van der Waals surface area contributed by atoms with E-state index in [-0.39, 0.29) is 12.8 Å². The molecule has 0 aliphatic rings. The minimum absolute atomic E-state index is 0.151. The number of amides is 3. The number of rotatable bonds is 13. The highest BCUT2D eigenvalue weighted by Crippen LogP contribution is 2.06. The van der Waals surface area contributed by atoms with Gasteiger partial charge >= 0.3 is 11.9 Å². The third kappa shape index (κ3) is 9.72. The summed E-state index contributed by atoms with van der Waals surface area (Å²) < 4.78 is 0. The lowest BCUT2D eigenvalue weighted by atomic mass is 10.0. The predicted octanol–water partition coefficient (Wildman–Crippen LogP) is -2.86. The highest BCUT2D eigenvalue weighted by molar-refractivity contribution is 5.94. The molecule has 6 atom stereocenters. The average molecular weight is 448 g/mol. The van der Waals surface area contributed by atoms with Crippen LogP contribution in [0.5, 0.6) is 0 Å². The lowest BCUT2D eigenvalue weighted by Crippen LogP contribution is -2.61. The smallest absolute Gasteiger partial charge is 0.328 e. The SMILES string of the molecule is CC(C)C(NC(=O)C(N)CCC(=O)O)C(=O)NC(C(=O)NC(C(=O)O)C(C)O)C(C)O. The summed E-state index contributed by atoms with van der Waals surface area (Å²) in [6.45, 7) is 5.53. The largest absolute Gasteiger partial charge is 0.481 e. The minimum atomic E-state index is -1.67. The molecule has 0 bridgehead atoms. The zero-order valence-corrected chi connectivity index (χ0v) is 17.9. The fraction of sp³-hybridized carbons (Fsp3) is 0.722. The van der Waals surface area contributed by atoms with Crippen molar-refractivity contribution >= 4 is 29.7 Å². The van der Waals surface area contributed by atoms with E-state index >= 15 is 0 Å². The van der Waals surface area contributed by atoms with E-state index in [1.54, 1.807) is 13.8 Å². The lowest BCUT2D eigenvalue weighted by molar-refractivity contribution is -0.146. The first-order chi connectivity index (χ1) is 14.2. The molecule has 13 nitrogen and oxygen atoms in total. The molecule has 0 saturated heterocycles. The number of nitrogens with two attached hydrogens (primary N) is 1. The van der Waals surface area contributed by atoms with Crippen LogP contribution >= 0.6 is 0 Å². The van der Waals surface area contributed by atoms with Gasteiger partial charge in [-0.3, -0.25) is 19.2 Å². The van der Waals surface area contributed by atoms with Crippen molar-refractivity contribution in [3.05, 3.63) is 0 Å². The van der Waals surface area contributed by atoms with Gasteiger partial charge in [-0.15, -0.1) is 0 Å². The summed E-state index contributed by atoms with van der Waals surface area (Å²) in [5.41, 5.74) is 5.63. The van der Waals surface area contributed by atoms with Gasteiger partial charge in [-0.05, 0) is 26.2 Å². The first-order valence-corrected chi connectivity index (χ1v) is 9.66. The number of aliphatic hydroxyl groups is 2. The number of carbonyl (C=O) groups is 5. The Hall–Kier alpha value is -2.77. The molecule has 13 heteroatoms. The normalized spacial score (nSPS) is 16.9. The van der Waals surface area contributed by atoms with Crippen molar-refractivity contribution < 1.29 is 44.4 Å². The van der Waals surface area contributed by atoms with Crippen molar-refractivity contribution in [2.24, 2.45) is 11.7 Å². The van der Waals surface area contributed by atoms with Gasteiger partial charge < -0.3 is 42.1 Å². The molecule has 178 valence electrons. The maximum Gasteiger partial charge on any atom is 0.328 e. The Labute approximate surface area is 179 Å². The van der Waals surface area contributed by atoms with Crippen LogP contribution in [-0.4, -0.2) is 86.5 Å². The van der Waals surface area contributed by atoms with Gasteiger partial charge in [0, 0.05) is 6.42 Å². The van der Waals surface area contributed by atoms with E-state index in [1.807, 2.05) is 5.32 Å². The molecular weight excluding hydrogens is 416 g/mol. The van der Waals surface area contributed by atoms with Gasteiger partial charge in [0.05, 0.1) is 18.2 Å². The first-order valence-electron chi connectivity index (χ1n) is 9.66. The second-order valence-corrected chi connectivity index (χ2v) is 7.56. The molecule has 0 heterocycles. The number of hydrogen-bond acceptors (Lipinski definition) is 8. The molecular formula is C18H32N4O9. The third-order valence-corrected chi connectivity index (χ3v) is 4.36. The Morgan fingerprint density at radius 1 is 0.742 bits per heavy atom. The number of carboxylic acids is 2. The summed E-state index contributed by atoms with van der Waals surface area (Å²) in [6, 6.07) is -5.60. The Kier molecular flexibility index (Phi) is 11.7. The van der Waals surface area contributed by atoms with Gasteiger partial charge in [0.25, 0.3) is 0 Å². The lowest BCUT2D eigenvalue weighted by Gasteiger charge is -2.28. The molecule has 0 saturated carbocycles. The van der Waals surface area contributed by atoms with Crippen LogP contribution in [0.4, 0.5) is 0 Å². The zero-order chi connectivity index (χ0) is 24.5. The second-order valence-electron chi connectivity index (χ2n) is 7.56. The summed E-state index contributed by atoms with van der Waals surface area (Å²) in [5.74, 6) is -5.79. The summed E-state index contributed by atoms with van der Waals surface area (Å²) in [5, 5.41) is 43.8. The summed E-state index contributed by atoms with van der Waals surface area (Å²) >= 11 is 0. The van der Waals surface area contributed by atoms with Gasteiger partial charge in [-0.1, -0.05) is 13.8 Å². The molecule has 0 spiro atoms. The van der Waals surface area contributed by atoms with E-state index in [1.165, 1.54) is 6.92 Å². The first kappa shape index (κ1) is 28.2. The number of nitrogens with one attached hydrogen (secondary N) is 3. The quantitative estimate of drug-likeness (QED) is 0.144. The van der Waals surface area contributed by atoms with Gasteiger partial charge in [-0.2, -0.15) is 0 Å². The molecule has 9 N–H and O–H groups in total. The second kappa shape index (κ2) is 12.8. The summed E-state index contributed by atoms with van der Waals surface area (Å²) in [6.07, 6.45) is -3.37. The molecule has 0 aliphatic heterocycles. The Morgan fingerprint density at radius 3 is 1.55 bits per heavy atom. The third-order valence-electron chi connectivity index (χ3n) is 4.36. The zero-order valence-electron chi connectivity index (χ0n) is 17.9. The van der Waals surface area contributed by atoms with Crippen LogP contribution in [0, 0.1) is 5.92 Å². The van der Waals surface area contributed by atoms with Crippen LogP contribution in [0.1, 0.15) is 40.5 Å². The van der Waals surface area contributed by atoms with E-state index in [4.69, 9.17) is 15.9 Å². The fourth-order valence-electron chi connectivity index (χ4n) is 2.49. The molecule has 3 amide bonds. The summed E-state index contributed by atoms with van der Waals surface area (Å²) in [7, 11) is 0. The van der Waals surface area contributed by atoms with Crippen LogP contribution in [0.3, 0.4) is 0 Å². The molecule has 0 aliphatic carbocycles. The molecule has 0 fully saturated rings. The number of hydrogen-bond donors (Lipinski definition) is 8. The van der Waals surface area contributed by atoms with Crippen molar-refractivity contribution in [1.82, 2.24) is 16.0 Å². The van der Waals surface area contributed by atoms with E-state index in [0.29, 0.717) is 0 Å². The molecule has 0 radical (unpaired) electrons.